The van der Waals surface area contributed by atoms with Crippen LogP contribution < -0.4 is 0 Å². The monoisotopic (exact) mass is 604 g/mol. The molecule has 1 aromatic heterocycles. The molecule has 218 valence electrons. The second-order valence-electron chi connectivity index (χ2n) is 11.9. The van der Waals surface area contributed by atoms with Crippen LogP contribution in [0.4, 0.5) is 0 Å². The van der Waals surface area contributed by atoms with Crippen LogP contribution in [0.2, 0.25) is 0 Å². The van der Waals surface area contributed by atoms with Gasteiger partial charge in [0.2, 0.25) is 0 Å². The average Bonchev–Trinajstić information content (AvgIpc) is 3.60. The molecule has 0 saturated heterocycles. The highest BCUT2D eigenvalue weighted by Gasteiger charge is 2.18. The van der Waals surface area contributed by atoms with Gasteiger partial charge in [-0.15, -0.1) is 0 Å². The minimum Gasteiger partial charge on any atom is -0.456 e. The van der Waals surface area contributed by atoms with E-state index in [2.05, 4.69) is 18.2 Å². The first kappa shape index (κ1) is 19.4. The molecule has 0 aliphatic heterocycles. The molecule has 0 N–H and O–H groups in total. The molecule has 0 spiro atoms. The van der Waals surface area contributed by atoms with Crippen molar-refractivity contribution in [2.75, 3.05) is 0 Å². The topological polar surface area (TPSA) is 13.1 Å². The smallest absolute Gasteiger partial charge is 0.135 e. The normalized spacial score (nSPS) is 14.2. The molecular formula is C46H28O. The summed E-state index contributed by atoms with van der Waals surface area (Å²) in [4.78, 5) is 0. The number of rotatable bonds is 3. The summed E-state index contributed by atoms with van der Waals surface area (Å²) in [7, 11) is 0. The maximum Gasteiger partial charge on any atom is 0.135 e. The van der Waals surface area contributed by atoms with E-state index in [0.29, 0.717) is 22.3 Å². The van der Waals surface area contributed by atoms with Crippen molar-refractivity contribution < 1.29 is 15.4 Å². The van der Waals surface area contributed by atoms with Crippen LogP contribution in [0.1, 0.15) is 11.0 Å². The third kappa shape index (κ3) is 4.03. The molecule has 1 nitrogen and oxygen atoms in total. The molecule has 10 rings (SSSR count). The predicted molar refractivity (Wildman–Crippen MR) is 200 cm³/mol. The Morgan fingerprint density at radius 2 is 0.915 bits per heavy atom. The van der Waals surface area contributed by atoms with Crippen molar-refractivity contribution in [2.45, 2.75) is 0 Å². The van der Waals surface area contributed by atoms with E-state index in [1.165, 1.54) is 0 Å². The zero-order chi connectivity index (χ0) is 37.9. The lowest BCUT2D eigenvalue weighted by Crippen LogP contribution is -1.91. The SMILES string of the molecule is [2H]c1c([2H])c([2H])c2c(-c3cccc4ccccc34)c3c([2H])c([2H])c([2H])c([2H])c3c(-c3ccc4cc(-c5ccc6oc7ccccc7c6c5)ccc4c3)c2c1[2H]. The summed E-state index contributed by atoms with van der Waals surface area (Å²) in [5.41, 5.74) is 5.54. The lowest BCUT2D eigenvalue weighted by atomic mass is 9.84. The minimum absolute atomic E-state index is 0.197. The Balaban J connectivity index is 1.28. The molecule has 0 aliphatic rings. The molecule has 0 unspecified atom stereocenters. The van der Waals surface area contributed by atoms with Gasteiger partial charge in [-0.1, -0.05) is 139 Å². The molecule has 1 heterocycles. The van der Waals surface area contributed by atoms with Crippen LogP contribution >= 0.6 is 0 Å². The minimum atomic E-state index is -0.421. The molecule has 0 saturated carbocycles. The molecule has 0 atom stereocenters. The Bertz CT molecular complexity index is 3220. The van der Waals surface area contributed by atoms with Crippen molar-refractivity contribution in [1.82, 2.24) is 0 Å². The summed E-state index contributed by atoms with van der Waals surface area (Å²) in [5, 5.41) is 6.35. The summed E-state index contributed by atoms with van der Waals surface area (Å²) in [6, 6.07) is 36.5. The fourth-order valence-electron chi connectivity index (χ4n) is 7.11. The summed E-state index contributed by atoms with van der Waals surface area (Å²) in [5.74, 6) is 0. The summed E-state index contributed by atoms with van der Waals surface area (Å²) < 4.78 is 78.4. The van der Waals surface area contributed by atoms with Crippen molar-refractivity contribution in [3.8, 4) is 33.4 Å². The van der Waals surface area contributed by atoms with Gasteiger partial charge in [-0.2, -0.15) is 0 Å². The van der Waals surface area contributed by atoms with Crippen molar-refractivity contribution in [3.05, 3.63) is 170 Å². The predicted octanol–water partition coefficient (Wildman–Crippen LogP) is 13.2. The van der Waals surface area contributed by atoms with Crippen LogP contribution in [-0.2, 0) is 0 Å². The number of hydrogen-bond donors (Lipinski definition) is 0. The van der Waals surface area contributed by atoms with Gasteiger partial charge in [0.15, 0.2) is 0 Å². The van der Waals surface area contributed by atoms with Crippen molar-refractivity contribution >= 4 is 65.0 Å². The largest absolute Gasteiger partial charge is 0.456 e. The van der Waals surface area contributed by atoms with Gasteiger partial charge in [-0.05, 0) is 107 Å². The Hall–Kier alpha value is -6.18. The van der Waals surface area contributed by atoms with E-state index >= 15 is 0 Å². The molecule has 0 amide bonds. The van der Waals surface area contributed by atoms with Crippen molar-refractivity contribution in [3.63, 3.8) is 0 Å². The highest BCUT2D eigenvalue weighted by atomic mass is 16.3. The number of benzene rings is 9. The van der Waals surface area contributed by atoms with Gasteiger partial charge in [0.25, 0.3) is 0 Å². The molecular weight excluding hydrogens is 569 g/mol. The van der Waals surface area contributed by atoms with Crippen LogP contribution in [0.25, 0.3) is 98.4 Å². The lowest BCUT2D eigenvalue weighted by molar-refractivity contribution is 0.669. The second kappa shape index (κ2) is 10.2. The van der Waals surface area contributed by atoms with E-state index in [-0.39, 0.29) is 45.7 Å². The zero-order valence-corrected chi connectivity index (χ0v) is 25.0. The molecule has 1 heteroatoms. The number of hydrogen-bond acceptors (Lipinski definition) is 1. The van der Waals surface area contributed by atoms with Crippen LogP contribution in [0.15, 0.2) is 174 Å². The Kier molecular flexibility index (Phi) is 4.19. The Morgan fingerprint density at radius 1 is 0.362 bits per heavy atom. The van der Waals surface area contributed by atoms with E-state index in [1.54, 1.807) is 0 Å². The standard InChI is InChI=1S/C46H28O/c1-2-12-35-29(10-1)11-9-18-37(35)46-40-16-5-3-14-38(40)45(39-15-4-6-17-41(39)46)34-23-22-30-26-31(20-21-32(30)27-34)33-24-25-44-42(28-33)36-13-7-8-19-43(36)47-44/h1-28H/i3D,4D,5D,6D,14D,15D,16D,17D. The fourth-order valence-corrected chi connectivity index (χ4v) is 7.11. The summed E-state index contributed by atoms with van der Waals surface area (Å²) in [6.07, 6.45) is 0. The second-order valence-corrected chi connectivity index (χ2v) is 11.9. The molecule has 0 radical (unpaired) electrons. The highest BCUT2D eigenvalue weighted by molar-refractivity contribution is 6.23. The van der Waals surface area contributed by atoms with Crippen LogP contribution in [0.3, 0.4) is 0 Å². The first-order chi connectivity index (χ1) is 26.6. The Morgan fingerprint density at radius 3 is 1.68 bits per heavy atom. The number of fused-ring (bicyclic) bond motifs is 7. The van der Waals surface area contributed by atoms with Gasteiger partial charge < -0.3 is 4.42 Å². The van der Waals surface area contributed by atoms with Crippen LogP contribution in [0, 0.1) is 0 Å². The molecule has 10 aromatic rings. The summed E-state index contributed by atoms with van der Waals surface area (Å²) >= 11 is 0. The Labute approximate surface area is 283 Å². The van der Waals surface area contributed by atoms with Gasteiger partial charge in [0, 0.05) is 10.8 Å². The van der Waals surface area contributed by atoms with E-state index in [0.717, 1.165) is 54.6 Å². The first-order valence-corrected chi connectivity index (χ1v) is 15.5. The van der Waals surface area contributed by atoms with Crippen molar-refractivity contribution in [2.24, 2.45) is 0 Å². The van der Waals surface area contributed by atoms with Crippen LogP contribution in [-0.4, -0.2) is 0 Å². The molecule has 47 heavy (non-hydrogen) atoms. The van der Waals surface area contributed by atoms with Gasteiger partial charge >= 0.3 is 0 Å². The molecule has 0 bridgehead atoms. The van der Waals surface area contributed by atoms with Crippen molar-refractivity contribution in [1.29, 1.82) is 0 Å². The maximum atomic E-state index is 9.33. The lowest BCUT2D eigenvalue weighted by Gasteiger charge is -2.19. The number of para-hydroxylation sites is 1. The highest BCUT2D eigenvalue weighted by Crippen LogP contribution is 2.45. The quantitative estimate of drug-likeness (QED) is 0.183. The average molecular weight is 605 g/mol. The van der Waals surface area contributed by atoms with Gasteiger partial charge in [-0.25, -0.2) is 0 Å². The fraction of sp³-hybridized carbons (Fsp3) is 0. The molecule has 9 aromatic carbocycles. The van der Waals surface area contributed by atoms with E-state index in [1.807, 2.05) is 103 Å². The zero-order valence-electron chi connectivity index (χ0n) is 33.0. The number of furan rings is 1. The maximum absolute atomic E-state index is 9.33. The summed E-state index contributed by atoms with van der Waals surface area (Å²) in [6.45, 7) is 0. The molecule has 0 fully saturated rings. The van der Waals surface area contributed by atoms with Crippen LogP contribution in [0.5, 0.6) is 0 Å². The first-order valence-electron chi connectivity index (χ1n) is 19.5. The van der Waals surface area contributed by atoms with Gasteiger partial charge in [0.05, 0.1) is 11.0 Å². The third-order valence-electron chi connectivity index (χ3n) is 9.27. The molecule has 0 aliphatic carbocycles. The van der Waals surface area contributed by atoms with E-state index in [9.17, 15) is 5.48 Å². The third-order valence-corrected chi connectivity index (χ3v) is 9.27. The van der Waals surface area contributed by atoms with E-state index < -0.39 is 24.2 Å². The van der Waals surface area contributed by atoms with Gasteiger partial charge in [0.1, 0.15) is 11.2 Å². The van der Waals surface area contributed by atoms with E-state index in [4.69, 9.17) is 9.90 Å². The van der Waals surface area contributed by atoms with Gasteiger partial charge in [-0.3, -0.25) is 0 Å².